The number of amides is 1. The number of pyridine rings is 1. The van der Waals surface area contributed by atoms with Gasteiger partial charge in [0, 0.05) is 18.8 Å². The highest BCUT2D eigenvalue weighted by atomic mass is 35.5. The van der Waals surface area contributed by atoms with Crippen molar-refractivity contribution < 1.29 is 14.3 Å². The lowest BCUT2D eigenvalue weighted by Gasteiger charge is -2.13. The van der Waals surface area contributed by atoms with E-state index in [-0.39, 0.29) is 5.91 Å². The summed E-state index contributed by atoms with van der Waals surface area (Å²) in [7, 11) is 3.21. The summed E-state index contributed by atoms with van der Waals surface area (Å²) in [6.45, 7) is 4.57. The van der Waals surface area contributed by atoms with E-state index in [2.05, 4.69) is 16.4 Å². The quantitative estimate of drug-likeness (QED) is 0.380. The van der Waals surface area contributed by atoms with Crippen molar-refractivity contribution in [2.24, 2.45) is 0 Å². The van der Waals surface area contributed by atoms with Crippen LogP contribution in [-0.4, -0.2) is 31.7 Å². The van der Waals surface area contributed by atoms with Crippen LogP contribution in [0.2, 0.25) is 5.15 Å². The van der Waals surface area contributed by atoms with Crippen LogP contribution in [0.25, 0.3) is 5.57 Å². The molecule has 5 nitrogen and oxygen atoms in total. The third-order valence-electron chi connectivity index (χ3n) is 5.15. The molecule has 1 heterocycles. The highest BCUT2D eigenvalue weighted by Crippen LogP contribution is 2.29. The van der Waals surface area contributed by atoms with Crippen molar-refractivity contribution in [3.05, 3.63) is 93.8 Å². The van der Waals surface area contributed by atoms with E-state index in [0.717, 1.165) is 33.4 Å². The van der Waals surface area contributed by atoms with Gasteiger partial charge in [-0.15, -0.1) is 0 Å². The first-order valence-electron chi connectivity index (χ1n) is 10.3. The third-order valence-corrected chi connectivity index (χ3v) is 5.35. The standard InChI is InChI=1S/C26H27ClN2O3/c1-17-5-7-21(18(2)13-17)22(20-10-12-28-25(27)15-20)16-26(30)29-11-9-19-6-8-23(31-3)24(14-19)32-4/h5-8,10,12-16H,9,11H2,1-4H3,(H,29,30)/b22-16+. The Balaban J connectivity index is 1.79. The van der Waals surface area contributed by atoms with Crippen molar-refractivity contribution >= 4 is 23.1 Å². The number of methoxy groups -OCH3 is 2. The second-order valence-electron chi connectivity index (χ2n) is 7.47. The molecule has 0 atom stereocenters. The van der Waals surface area contributed by atoms with Gasteiger partial charge in [0.25, 0.3) is 0 Å². The molecular formula is C26H27ClN2O3. The van der Waals surface area contributed by atoms with Crippen LogP contribution < -0.4 is 14.8 Å². The van der Waals surface area contributed by atoms with Gasteiger partial charge in [0.2, 0.25) is 5.91 Å². The first-order valence-corrected chi connectivity index (χ1v) is 10.7. The molecule has 2 aromatic carbocycles. The lowest BCUT2D eigenvalue weighted by Crippen LogP contribution is -2.24. The number of carbonyl (C=O) groups is 1. The highest BCUT2D eigenvalue weighted by Gasteiger charge is 2.12. The van der Waals surface area contributed by atoms with Crippen LogP contribution >= 0.6 is 11.6 Å². The van der Waals surface area contributed by atoms with Gasteiger partial charge in [-0.3, -0.25) is 4.79 Å². The average Bonchev–Trinajstić information content (AvgIpc) is 2.77. The van der Waals surface area contributed by atoms with Crippen molar-refractivity contribution in [1.82, 2.24) is 10.3 Å². The highest BCUT2D eigenvalue weighted by molar-refractivity contribution is 6.29. The predicted molar refractivity (Wildman–Crippen MR) is 129 cm³/mol. The number of ether oxygens (including phenoxy) is 2. The number of halogens is 1. The topological polar surface area (TPSA) is 60.5 Å². The summed E-state index contributed by atoms with van der Waals surface area (Å²) in [5.74, 6) is 1.17. The number of hydrogen-bond acceptors (Lipinski definition) is 4. The maximum absolute atomic E-state index is 12.8. The van der Waals surface area contributed by atoms with Crippen molar-refractivity contribution in [3.8, 4) is 11.5 Å². The van der Waals surface area contributed by atoms with E-state index in [0.29, 0.717) is 29.6 Å². The molecule has 1 aromatic heterocycles. The van der Waals surface area contributed by atoms with Crippen molar-refractivity contribution in [3.63, 3.8) is 0 Å². The molecule has 0 saturated heterocycles. The maximum atomic E-state index is 12.8. The van der Waals surface area contributed by atoms with Gasteiger partial charge >= 0.3 is 0 Å². The van der Waals surface area contributed by atoms with E-state index in [1.807, 2.05) is 50.2 Å². The van der Waals surface area contributed by atoms with Gasteiger partial charge in [-0.2, -0.15) is 0 Å². The lowest BCUT2D eigenvalue weighted by molar-refractivity contribution is -0.116. The molecule has 0 aliphatic heterocycles. The molecule has 0 bridgehead atoms. The van der Waals surface area contributed by atoms with Gasteiger partial charge < -0.3 is 14.8 Å². The van der Waals surface area contributed by atoms with Gasteiger partial charge in [0.05, 0.1) is 14.2 Å². The number of aromatic nitrogens is 1. The van der Waals surface area contributed by atoms with Crippen molar-refractivity contribution in [2.45, 2.75) is 20.3 Å². The van der Waals surface area contributed by atoms with E-state index in [9.17, 15) is 4.79 Å². The fraction of sp³-hybridized carbons (Fsp3) is 0.231. The first kappa shape index (κ1) is 23.4. The second-order valence-corrected chi connectivity index (χ2v) is 7.86. The molecule has 0 unspecified atom stereocenters. The summed E-state index contributed by atoms with van der Waals surface area (Å²) >= 11 is 6.12. The number of rotatable bonds is 8. The number of nitrogens with zero attached hydrogens (tertiary/aromatic N) is 1. The van der Waals surface area contributed by atoms with Gasteiger partial charge in [0.1, 0.15) is 5.15 Å². The normalized spacial score (nSPS) is 11.2. The summed E-state index contributed by atoms with van der Waals surface area (Å²) in [5, 5.41) is 3.36. The van der Waals surface area contributed by atoms with Crippen LogP contribution in [-0.2, 0) is 11.2 Å². The Morgan fingerprint density at radius 2 is 1.81 bits per heavy atom. The SMILES string of the molecule is COc1ccc(CCNC(=O)/C=C(\c2ccnc(Cl)c2)c2ccc(C)cc2C)cc1OC. The fourth-order valence-corrected chi connectivity index (χ4v) is 3.72. The first-order chi connectivity index (χ1) is 15.4. The van der Waals surface area contributed by atoms with E-state index in [4.69, 9.17) is 21.1 Å². The van der Waals surface area contributed by atoms with Crippen LogP contribution in [0, 0.1) is 13.8 Å². The zero-order chi connectivity index (χ0) is 23.1. The zero-order valence-corrected chi connectivity index (χ0v) is 19.5. The molecule has 0 fully saturated rings. The Hall–Kier alpha value is -3.31. The minimum absolute atomic E-state index is 0.173. The van der Waals surface area contributed by atoms with Gasteiger partial charge in [-0.1, -0.05) is 41.4 Å². The van der Waals surface area contributed by atoms with Gasteiger partial charge in [-0.25, -0.2) is 4.98 Å². The average molecular weight is 451 g/mol. The fourth-order valence-electron chi connectivity index (χ4n) is 3.55. The summed E-state index contributed by atoms with van der Waals surface area (Å²) < 4.78 is 10.6. The van der Waals surface area contributed by atoms with Gasteiger partial charge in [0.15, 0.2) is 11.5 Å². The number of benzene rings is 2. The molecule has 1 amide bonds. The van der Waals surface area contributed by atoms with Crippen LogP contribution in [0.3, 0.4) is 0 Å². The van der Waals surface area contributed by atoms with E-state index in [1.54, 1.807) is 32.6 Å². The monoisotopic (exact) mass is 450 g/mol. The van der Waals surface area contributed by atoms with Crippen LogP contribution in [0.1, 0.15) is 27.8 Å². The number of hydrogen-bond donors (Lipinski definition) is 1. The van der Waals surface area contributed by atoms with Crippen LogP contribution in [0.15, 0.2) is 60.8 Å². The second kappa shape index (κ2) is 10.8. The molecule has 6 heteroatoms. The van der Waals surface area contributed by atoms with Crippen LogP contribution in [0.4, 0.5) is 0 Å². The molecule has 3 rings (SSSR count). The lowest BCUT2D eigenvalue weighted by atomic mass is 9.93. The largest absolute Gasteiger partial charge is 0.493 e. The molecule has 166 valence electrons. The van der Waals surface area contributed by atoms with E-state index in [1.165, 1.54) is 0 Å². The van der Waals surface area contributed by atoms with Crippen LogP contribution in [0.5, 0.6) is 11.5 Å². The van der Waals surface area contributed by atoms with Crippen molar-refractivity contribution in [2.75, 3.05) is 20.8 Å². The summed E-state index contributed by atoms with van der Waals surface area (Å²) in [6, 6.07) is 15.5. The summed E-state index contributed by atoms with van der Waals surface area (Å²) in [4.78, 5) is 16.9. The zero-order valence-electron chi connectivity index (χ0n) is 18.7. The smallest absolute Gasteiger partial charge is 0.244 e. The molecule has 0 aliphatic rings. The molecule has 0 saturated carbocycles. The number of carbonyl (C=O) groups excluding carboxylic acids is 1. The Morgan fingerprint density at radius 1 is 1.03 bits per heavy atom. The number of nitrogens with one attached hydrogen (secondary N) is 1. The van der Waals surface area contributed by atoms with Crippen molar-refractivity contribution in [1.29, 1.82) is 0 Å². The van der Waals surface area contributed by atoms with E-state index >= 15 is 0 Å². The molecule has 0 spiro atoms. The Kier molecular flexibility index (Phi) is 7.90. The molecule has 0 aliphatic carbocycles. The Bertz CT molecular complexity index is 1140. The van der Waals surface area contributed by atoms with Gasteiger partial charge in [-0.05, 0) is 72.4 Å². The Morgan fingerprint density at radius 3 is 2.50 bits per heavy atom. The molecule has 1 N–H and O–H groups in total. The van der Waals surface area contributed by atoms with E-state index < -0.39 is 0 Å². The predicted octanol–water partition coefficient (Wildman–Crippen LogP) is 5.16. The number of aryl methyl sites for hydroxylation is 2. The Labute approximate surface area is 194 Å². The molecule has 0 radical (unpaired) electrons. The minimum atomic E-state index is -0.173. The summed E-state index contributed by atoms with van der Waals surface area (Å²) in [6.07, 6.45) is 3.93. The molecule has 32 heavy (non-hydrogen) atoms. The molecule has 3 aromatic rings. The third kappa shape index (κ3) is 5.89. The maximum Gasteiger partial charge on any atom is 0.244 e. The summed E-state index contributed by atoms with van der Waals surface area (Å²) in [5.41, 5.74) is 5.91. The molecular weight excluding hydrogens is 424 g/mol. The minimum Gasteiger partial charge on any atom is -0.493 e.